The van der Waals surface area contributed by atoms with Crippen LogP contribution in [0.4, 0.5) is 0 Å². The summed E-state index contributed by atoms with van der Waals surface area (Å²) in [7, 11) is 0. The van der Waals surface area contributed by atoms with Gasteiger partial charge in [-0.25, -0.2) is 0 Å². The molecule has 1 rings (SSSR count). The number of hydrogen-bond donors (Lipinski definition) is 6. The lowest BCUT2D eigenvalue weighted by Crippen LogP contribution is -2.43. The highest BCUT2D eigenvalue weighted by atomic mass is 16.6. The summed E-state index contributed by atoms with van der Waals surface area (Å²) in [5, 5.41) is 59.3. The summed E-state index contributed by atoms with van der Waals surface area (Å²) in [5.74, 6) is 0. The van der Waals surface area contributed by atoms with Crippen LogP contribution in [0.25, 0.3) is 0 Å². The van der Waals surface area contributed by atoms with E-state index in [4.69, 9.17) is 71.1 Å². The van der Waals surface area contributed by atoms with E-state index in [2.05, 4.69) is 0 Å². The molecule has 1 aliphatic heterocycles. The fourth-order valence-corrected chi connectivity index (χ4v) is 4.97. The first-order chi connectivity index (χ1) is 29.5. The van der Waals surface area contributed by atoms with Gasteiger partial charge in [0.25, 0.3) is 0 Å². The van der Waals surface area contributed by atoms with Crippen molar-refractivity contribution in [1.82, 2.24) is 0 Å². The molecule has 0 aromatic carbocycles. The Hall–Kier alpha value is -0.840. The Morgan fingerprint density at radius 2 is 0.433 bits per heavy atom. The van der Waals surface area contributed by atoms with Crippen molar-refractivity contribution in [3.05, 3.63) is 0 Å². The third kappa shape index (κ3) is 30.3. The number of ether oxygens (including phenoxy) is 15. The molecule has 60 heavy (non-hydrogen) atoms. The quantitative estimate of drug-likeness (QED) is 0.159. The predicted octanol–water partition coefficient (Wildman–Crippen LogP) is -2.70. The largest absolute Gasteiger partial charge is 0.396 e. The highest BCUT2D eigenvalue weighted by Gasteiger charge is 2.31. The van der Waals surface area contributed by atoms with Crippen LogP contribution in [0, 0.1) is 10.8 Å². The molecule has 1 heterocycles. The maximum absolute atomic E-state index is 9.90. The lowest BCUT2D eigenvalue weighted by Gasteiger charge is -2.30. The zero-order chi connectivity index (χ0) is 43.6. The van der Waals surface area contributed by atoms with Crippen molar-refractivity contribution in [3.63, 3.8) is 0 Å². The highest BCUT2D eigenvalue weighted by Crippen LogP contribution is 2.18. The second-order valence-corrected chi connectivity index (χ2v) is 14.1. The molecule has 360 valence electrons. The van der Waals surface area contributed by atoms with Gasteiger partial charge in [-0.3, -0.25) is 0 Å². The maximum Gasteiger partial charge on any atom is 0.116 e. The van der Waals surface area contributed by atoms with Gasteiger partial charge in [-0.1, -0.05) is 0 Å². The smallest absolute Gasteiger partial charge is 0.116 e. The first kappa shape index (κ1) is 57.2. The van der Waals surface area contributed by atoms with E-state index in [1.807, 2.05) is 0 Å². The normalized spacial score (nSPS) is 24.3. The number of aliphatic hydroxyl groups excluding tert-OH is 6. The second-order valence-electron chi connectivity index (χ2n) is 14.1. The molecule has 0 spiro atoms. The molecule has 21 nitrogen and oxygen atoms in total. The van der Waals surface area contributed by atoms with Gasteiger partial charge in [0.2, 0.25) is 0 Å². The Bertz CT molecular complexity index is 881. The molecule has 0 amide bonds. The molecule has 0 bridgehead atoms. The van der Waals surface area contributed by atoms with Gasteiger partial charge in [0.1, 0.15) is 5.60 Å². The molecule has 6 N–H and O–H groups in total. The summed E-state index contributed by atoms with van der Waals surface area (Å²) in [6.45, 7) is 6.24. The molecule has 1 fully saturated rings. The van der Waals surface area contributed by atoms with E-state index in [-0.39, 0.29) is 119 Å². The summed E-state index contributed by atoms with van der Waals surface area (Å²) in [5.41, 5.74) is -3.07. The summed E-state index contributed by atoms with van der Waals surface area (Å²) < 4.78 is 83.5. The topological polar surface area (TPSA) is 260 Å². The Kier molecular flexibility index (Phi) is 39.0. The standard InChI is InChI=1S/C39H78O21/c40-27-37(28-41)33-56-21-17-51-11-7-48-6-5-47-4-3-46-2-1-39(31-44,32-45)60-26-25-55-16-15-50-10-14-54-20-24-59-36-38(29-42,30-43)35-58-23-19-53-13-9-49-8-12-52-18-22-57-34-37/h40-45H,1-36H2. The maximum atomic E-state index is 9.90. The lowest BCUT2D eigenvalue weighted by molar-refractivity contribution is -0.134. The van der Waals surface area contributed by atoms with Crippen LogP contribution in [0.1, 0.15) is 6.42 Å². The van der Waals surface area contributed by atoms with E-state index < -0.39 is 16.4 Å². The molecule has 0 atom stereocenters. The van der Waals surface area contributed by atoms with Crippen LogP contribution in [0.5, 0.6) is 0 Å². The molecular weight excluding hydrogens is 804 g/mol. The fourth-order valence-electron chi connectivity index (χ4n) is 4.97. The van der Waals surface area contributed by atoms with Gasteiger partial charge in [-0.2, -0.15) is 0 Å². The molecule has 0 aromatic rings. The van der Waals surface area contributed by atoms with Gasteiger partial charge < -0.3 is 102 Å². The van der Waals surface area contributed by atoms with E-state index in [1.165, 1.54) is 0 Å². The lowest BCUT2D eigenvalue weighted by atomic mass is 9.92. The predicted molar refractivity (Wildman–Crippen MR) is 212 cm³/mol. The molecular formula is C39H78O21. The minimum Gasteiger partial charge on any atom is -0.396 e. The van der Waals surface area contributed by atoms with Gasteiger partial charge in [0.15, 0.2) is 0 Å². The molecule has 21 heteroatoms. The second kappa shape index (κ2) is 40.9. The Morgan fingerprint density at radius 1 is 0.233 bits per heavy atom. The highest BCUT2D eigenvalue weighted by molar-refractivity contribution is 4.80. The van der Waals surface area contributed by atoms with Crippen molar-refractivity contribution in [2.75, 3.05) is 231 Å². The average molecular weight is 883 g/mol. The van der Waals surface area contributed by atoms with Crippen molar-refractivity contribution in [1.29, 1.82) is 0 Å². The zero-order valence-electron chi connectivity index (χ0n) is 35.8. The molecule has 0 saturated carbocycles. The van der Waals surface area contributed by atoms with Crippen LogP contribution in [-0.4, -0.2) is 267 Å². The molecule has 0 unspecified atom stereocenters. The van der Waals surface area contributed by atoms with Crippen LogP contribution in [0.2, 0.25) is 0 Å². The Balaban J connectivity index is 2.41. The van der Waals surface area contributed by atoms with E-state index in [0.717, 1.165) is 0 Å². The van der Waals surface area contributed by atoms with Crippen molar-refractivity contribution >= 4 is 0 Å². The van der Waals surface area contributed by atoms with Crippen LogP contribution in [0.3, 0.4) is 0 Å². The van der Waals surface area contributed by atoms with E-state index in [0.29, 0.717) is 119 Å². The van der Waals surface area contributed by atoms with Crippen molar-refractivity contribution in [2.24, 2.45) is 10.8 Å². The van der Waals surface area contributed by atoms with E-state index in [9.17, 15) is 30.6 Å². The fraction of sp³-hybridized carbons (Fsp3) is 1.00. The SMILES string of the molecule is OCC1(CO)COCCOCCOCCOCCOCCC(CO)(CO)OCCOCCOCCOCCOCC(CO)(CO)COCCOCCOCCOCCOC1. The van der Waals surface area contributed by atoms with Crippen LogP contribution in [0.15, 0.2) is 0 Å². The van der Waals surface area contributed by atoms with Gasteiger partial charge in [0, 0.05) is 13.0 Å². The van der Waals surface area contributed by atoms with Gasteiger partial charge in [-0.15, -0.1) is 0 Å². The molecule has 0 radical (unpaired) electrons. The number of aliphatic hydroxyl groups is 6. The molecule has 0 aromatic heterocycles. The van der Waals surface area contributed by atoms with Crippen molar-refractivity contribution in [3.8, 4) is 0 Å². The number of hydrogen-bond acceptors (Lipinski definition) is 21. The summed E-state index contributed by atoms with van der Waals surface area (Å²) >= 11 is 0. The van der Waals surface area contributed by atoms with Gasteiger partial charge in [-0.05, 0) is 0 Å². The van der Waals surface area contributed by atoms with Crippen LogP contribution < -0.4 is 0 Å². The Labute approximate surface area is 355 Å². The first-order valence-corrected chi connectivity index (χ1v) is 20.9. The minimum absolute atomic E-state index is 0.0818. The average Bonchev–Trinajstić information content (AvgIpc) is 3.28. The number of rotatable bonds is 6. The van der Waals surface area contributed by atoms with E-state index >= 15 is 0 Å². The molecule has 0 aliphatic carbocycles. The third-order valence-electron chi connectivity index (χ3n) is 8.98. The van der Waals surface area contributed by atoms with Crippen molar-refractivity contribution in [2.45, 2.75) is 12.0 Å². The minimum atomic E-state index is -1.15. The third-order valence-corrected chi connectivity index (χ3v) is 8.98. The van der Waals surface area contributed by atoms with Gasteiger partial charge in [0.05, 0.1) is 235 Å². The zero-order valence-corrected chi connectivity index (χ0v) is 35.8. The summed E-state index contributed by atoms with van der Waals surface area (Å²) in [4.78, 5) is 0. The first-order valence-electron chi connectivity index (χ1n) is 20.9. The van der Waals surface area contributed by atoms with E-state index in [1.54, 1.807) is 0 Å². The van der Waals surface area contributed by atoms with Crippen LogP contribution >= 0.6 is 0 Å². The molecule has 1 saturated heterocycles. The van der Waals surface area contributed by atoms with Gasteiger partial charge >= 0.3 is 0 Å². The Morgan fingerprint density at radius 3 is 0.650 bits per heavy atom. The van der Waals surface area contributed by atoms with Crippen molar-refractivity contribution < 1.29 is 102 Å². The monoisotopic (exact) mass is 883 g/mol. The van der Waals surface area contributed by atoms with Crippen LogP contribution in [-0.2, 0) is 71.1 Å². The summed E-state index contributed by atoms with van der Waals surface area (Å²) in [6, 6.07) is 0. The summed E-state index contributed by atoms with van der Waals surface area (Å²) in [6.07, 6.45) is 0.279. The molecule has 1 aliphatic rings.